The minimum Gasteiger partial charge on any atom is -0.478 e. The molecule has 6 nitrogen and oxygen atoms in total. The number of anilines is 1. The molecule has 92 valence electrons. The Morgan fingerprint density at radius 3 is 3.06 bits per heavy atom. The number of hydrogen-bond donors (Lipinski definition) is 3. The zero-order valence-electron chi connectivity index (χ0n) is 9.23. The predicted molar refractivity (Wildman–Crippen MR) is 61.5 cm³/mol. The van der Waals surface area contributed by atoms with Crippen LogP contribution in [0.5, 0.6) is 0 Å². The number of rotatable bonds is 4. The third-order valence-electron chi connectivity index (χ3n) is 2.64. The summed E-state index contributed by atoms with van der Waals surface area (Å²) in [6.45, 7) is 1.33. The highest BCUT2D eigenvalue weighted by Crippen LogP contribution is 2.12. The van der Waals surface area contributed by atoms with Crippen LogP contribution in [0.3, 0.4) is 0 Å². The van der Waals surface area contributed by atoms with Gasteiger partial charge in [-0.1, -0.05) is 0 Å². The molecule has 1 aromatic heterocycles. The quantitative estimate of drug-likeness (QED) is 0.717. The van der Waals surface area contributed by atoms with Crippen molar-refractivity contribution in [1.29, 1.82) is 0 Å². The Balaban J connectivity index is 2.04. The summed E-state index contributed by atoms with van der Waals surface area (Å²) in [6.07, 6.45) is 2.15. The van der Waals surface area contributed by atoms with Gasteiger partial charge in [0, 0.05) is 19.2 Å². The second kappa shape index (κ2) is 5.01. The van der Waals surface area contributed by atoms with Crippen LogP contribution in [0.25, 0.3) is 0 Å². The lowest BCUT2D eigenvalue weighted by molar-refractivity contribution is 0.0696. The first kappa shape index (κ1) is 11.7. The van der Waals surface area contributed by atoms with E-state index in [4.69, 9.17) is 9.84 Å². The maximum absolute atomic E-state index is 11.2. The van der Waals surface area contributed by atoms with Gasteiger partial charge in [-0.2, -0.15) is 0 Å². The molecule has 6 heteroatoms. The van der Waals surface area contributed by atoms with E-state index in [0.717, 1.165) is 25.5 Å². The van der Waals surface area contributed by atoms with Crippen molar-refractivity contribution in [3.63, 3.8) is 0 Å². The van der Waals surface area contributed by atoms with E-state index in [-0.39, 0.29) is 11.7 Å². The Hall–Kier alpha value is -1.82. The van der Waals surface area contributed by atoms with Crippen LogP contribution in [0.1, 0.15) is 23.2 Å². The molecule has 1 fully saturated rings. The van der Waals surface area contributed by atoms with Crippen molar-refractivity contribution in [3.8, 4) is 0 Å². The van der Waals surface area contributed by atoms with E-state index in [0.29, 0.717) is 12.4 Å². The lowest BCUT2D eigenvalue weighted by atomic mass is 10.2. The molecule has 3 N–H and O–H groups in total. The maximum atomic E-state index is 11.2. The van der Waals surface area contributed by atoms with Crippen LogP contribution in [0.4, 0.5) is 5.82 Å². The van der Waals surface area contributed by atoms with Gasteiger partial charge in [0.1, 0.15) is 5.82 Å². The summed E-state index contributed by atoms with van der Waals surface area (Å²) in [5.41, 5.74) is -0.455. The van der Waals surface area contributed by atoms with Crippen LogP contribution >= 0.6 is 0 Å². The van der Waals surface area contributed by atoms with Crippen LogP contribution < -0.4 is 10.9 Å². The van der Waals surface area contributed by atoms with E-state index in [2.05, 4.69) is 10.3 Å². The average molecular weight is 238 g/mol. The van der Waals surface area contributed by atoms with Gasteiger partial charge in [0.15, 0.2) is 0 Å². The lowest BCUT2D eigenvalue weighted by Crippen LogP contribution is -2.21. The number of ether oxygens (including phenoxy) is 1. The normalized spacial score (nSPS) is 19.2. The number of H-pyrrole nitrogens is 1. The first-order valence-electron chi connectivity index (χ1n) is 5.48. The van der Waals surface area contributed by atoms with Gasteiger partial charge in [-0.05, 0) is 18.9 Å². The fourth-order valence-electron chi connectivity index (χ4n) is 1.79. The number of aromatic nitrogens is 1. The maximum Gasteiger partial charge on any atom is 0.336 e. The molecule has 1 atom stereocenters. The second-order valence-electron chi connectivity index (χ2n) is 3.97. The van der Waals surface area contributed by atoms with Crippen LogP contribution in [0, 0.1) is 0 Å². The molecule has 17 heavy (non-hydrogen) atoms. The van der Waals surface area contributed by atoms with E-state index in [9.17, 15) is 9.59 Å². The van der Waals surface area contributed by atoms with Crippen LogP contribution in [0.15, 0.2) is 16.9 Å². The largest absolute Gasteiger partial charge is 0.478 e. The van der Waals surface area contributed by atoms with Gasteiger partial charge in [0.2, 0.25) is 5.56 Å². The summed E-state index contributed by atoms with van der Waals surface area (Å²) in [6, 6.07) is 2.46. The molecule has 0 spiro atoms. The Bertz CT molecular complexity index is 463. The molecule has 1 aliphatic rings. The third kappa shape index (κ3) is 3.07. The molecule has 2 heterocycles. The van der Waals surface area contributed by atoms with E-state index in [1.54, 1.807) is 0 Å². The van der Waals surface area contributed by atoms with Crippen molar-refractivity contribution in [1.82, 2.24) is 4.98 Å². The first-order chi connectivity index (χ1) is 8.15. The standard InChI is InChI=1S/C11H14N2O4/c14-10-5-7(11(15)16)4-9(13-10)12-6-8-2-1-3-17-8/h4-5,8H,1-3,6H2,(H,15,16)(H2,12,13,14). The number of pyridine rings is 1. The highest BCUT2D eigenvalue weighted by molar-refractivity contribution is 5.88. The smallest absolute Gasteiger partial charge is 0.336 e. The van der Waals surface area contributed by atoms with Crippen LogP contribution in [-0.2, 0) is 4.74 Å². The van der Waals surface area contributed by atoms with Gasteiger partial charge in [-0.25, -0.2) is 4.79 Å². The van der Waals surface area contributed by atoms with Gasteiger partial charge in [0.25, 0.3) is 0 Å². The van der Waals surface area contributed by atoms with Gasteiger partial charge >= 0.3 is 5.97 Å². The minimum atomic E-state index is -1.11. The summed E-state index contributed by atoms with van der Waals surface area (Å²) >= 11 is 0. The van der Waals surface area contributed by atoms with Crippen molar-refractivity contribution >= 4 is 11.8 Å². The molecule has 0 amide bonds. The molecule has 0 bridgehead atoms. The Morgan fingerprint density at radius 1 is 1.59 bits per heavy atom. The van der Waals surface area contributed by atoms with E-state index >= 15 is 0 Å². The number of carbonyl (C=O) groups is 1. The molecule has 1 aromatic rings. The monoisotopic (exact) mass is 238 g/mol. The SMILES string of the molecule is O=C(O)c1cc(NCC2CCCO2)[nH]c(=O)c1. The summed E-state index contributed by atoms with van der Waals surface area (Å²) in [5.74, 6) is -0.707. The third-order valence-corrected chi connectivity index (χ3v) is 2.64. The Morgan fingerprint density at radius 2 is 2.41 bits per heavy atom. The number of aromatic amines is 1. The minimum absolute atomic E-state index is 0.0245. The van der Waals surface area contributed by atoms with Crippen molar-refractivity contribution < 1.29 is 14.6 Å². The van der Waals surface area contributed by atoms with Crippen molar-refractivity contribution in [3.05, 3.63) is 28.0 Å². The van der Waals surface area contributed by atoms with E-state index < -0.39 is 11.5 Å². The summed E-state index contributed by atoms with van der Waals surface area (Å²) in [4.78, 5) is 24.5. The fourth-order valence-corrected chi connectivity index (χ4v) is 1.79. The topological polar surface area (TPSA) is 91.4 Å². The first-order valence-corrected chi connectivity index (χ1v) is 5.48. The van der Waals surface area contributed by atoms with Crippen molar-refractivity contribution in [2.45, 2.75) is 18.9 Å². The van der Waals surface area contributed by atoms with Crippen molar-refractivity contribution in [2.75, 3.05) is 18.5 Å². The molecule has 1 aliphatic heterocycles. The number of hydrogen-bond acceptors (Lipinski definition) is 4. The molecule has 0 saturated carbocycles. The van der Waals surface area contributed by atoms with Gasteiger partial charge in [-0.3, -0.25) is 4.79 Å². The number of carboxylic acids is 1. The summed E-state index contributed by atoms with van der Waals surface area (Å²) in [7, 11) is 0. The lowest BCUT2D eigenvalue weighted by Gasteiger charge is -2.11. The molecular formula is C11H14N2O4. The van der Waals surface area contributed by atoms with E-state index in [1.807, 2.05) is 0 Å². The average Bonchev–Trinajstić information content (AvgIpc) is 2.78. The summed E-state index contributed by atoms with van der Waals surface area (Å²) in [5, 5.41) is 11.8. The highest BCUT2D eigenvalue weighted by Gasteiger charge is 2.15. The molecule has 1 saturated heterocycles. The second-order valence-corrected chi connectivity index (χ2v) is 3.97. The molecule has 2 rings (SSSR count). The van der Waals surface area contributed by atoms with Crippen LogP contribution in [-0.4, -0.2) is 35.3 Å². The fraction of sp³-hybridized carbons (Fsp3) is 0.455. The zero-order valence-corrected chi connectivity index (χ0v) is 9.23. The van der Waals surface area contributed by atoms with E-state index in [1.165, 1.54) is 6.07 Å². The molecule has 0 aromatic carbocycles. The predicted octanol–water partition coefficient (Wildman–Crippen LogP) is 0.664. The van der Waals surface area contributed by atoms with Crippen molar-refractivity contribution in [2.24, 2.45) is 0 Å². The van der Waals surface area contributed by atoms with Crippen LogP contribution in [0.2, 0.25) is 0 Å². The number of aromatic carboxylic acids is 1. The Labute approximate surface area is 97.6 Å². The molecule has 0 aliphatic carbocycles. The summed E-state index contributed by atoms with van der Waals surface area (Å²) < 4.78 is 5.41. The molecule has 0 radical (unpaired) electrons. The van der Waals surface area contributed by atoms with Gasteiger partial charge in [0.05, 0.1) is 11.7 Å². The highest BCUT2D eigenvalue weighted by atomic mass is 16.5. The van der Waals surface area contributed by atoms with Gasteiger partial charge < -0.3 is 20.1 Å². The molecular weight excluding hydrogens is 224 g/mol. The number of nitrogens with one attached hydrogen (secondary N) is 2. The molecule has 1 unspecified atom stereocenters. The van der Waals surface area contributed by atoms with Gasteiger partial charge in [-0.15, -0.1) is 0 Å². The zero-order chi connectivity index (χ0) is 12.3. The Kier molecular flexibility index (Phi) is 3.43. The number of carboxylic acid groups (broad SMARTS) is 1.